The fraction of sp³-hybridized carbons (Fsp3) is 0.311. The summed E-state index contributed by atoms with van der Waals surface area (Å²) in [5, 5.41) is 1.58. The molecule has 11 rings (SSSR count). The van der Waals surface area contributed by atoms with Crippen molar-refractivity contribution in [3.8, 4) is 11.1 Å². The molecule has 4 aliphatic rings. The molecule has 1 saturated carbocycles. The molecule has 0 bridgehead atoms. The van der Waals surface area contributed by atoms with Gasteiger partial charge in [-0.1, -0.05) is 165 Å². The molecule has 2 atom stereocenters. The van der Waals surface area contributed by atoms with E-state index in [2.05, 4.69) is 236 Å². The zero-order valence-electron chi connectivity index (χ0n) is 41.2. The predicted octanol–water partition coefficient (Wildman–Crippen LogP) is 13.8. The summed E-state index contributed by atoms with van der Waals surface area (Å²) in [5.41, 5.74) is 22.2. The van der Waals surface area contributed by atoms with Gasteiger partial charge in [-0.25, -0.2) is 0 Å². The Hall–Kier alpha value is -5.78. The van der Waals surface area contributed by atoms with Crippen LogP contribution >= 0.6 is 0 Å². The van der Waals surface area contributed by atoms with Crippen LogP contribution in [0.3, 0.4) is 0 Å². The van der Waals surface area contributed by atoms with Crippen LogP contribution in [0.25, 0.3) is 11.1 Å². The first-order valence-electron chi connectivity index (χ1n) is 24.7. The molecule has 3 heterocycles. The number of rotatable bonds is 5. The van der Waals surface area contributed by atoms with Gasteiger partial charge in [0, 0.05) is 50.8 Å². The monoisotopic (exact) mass is 880 g/mol. The largest absolute Gasteiger partial charge is 0.334 e. The van der Waals surface area contributed by atoms with Crippen LogP contribution in [-0.4, -0.2) is 21.0 Å². The van der Waals surface area contributed by atoms with Gasteiger partial charge in [0.1, 0.15) is 0 Å². The smallest absolute Gasteiger partial charge is 0.252 e. The Kier molecular flexibility index (Phi) is 9.81. The van der Waals surface area contributed by atoms with E-state index in [1.165, 1.54) is 115 Å². The molecule has 1 aliphatic carbocycles. The van der Waals surface area contributed by atoms with E-state index in [0.717, 1.165) is 0 Å². The van der Waals surface area contributed by atoms with Crippen LogP contribution in [-0.2, 0) is 16.2 Å². The molecule has 3 aliphatic heterocycles. The molecule has 1 fully saturated rings. The second-order valence-corrected chi connectivity index (χ2v) is 25.8. The van der Waals surface area contributed by atoms with Crippen LogP contribution in [0.5, 0.6) is 0 Å². The molecule has 2 unspecified atom stereocenters. The maximum atomic E-state index is 2.79. The normalized spacial score (nSPS) is 19.6. The quantitative estimate of drug-likeness (QED) is 0.160. The Bertz CT molecular complexity index is 3050. The molecule has 0 aromatic heterocycles. The van der Waals surface area contributed by atoms with Gasteiger partial charge in [-0.05, 0) is 142 Å². The number of fused-ring (bicyclic) bond motifs is 7. The van der Waals surface area contributed by atoms with Crippen molar-refractivity contribution in [2.45, 2.75) is 123 Å². The van der Waals surface area contributed by atoms with E-state index < -0.39 is 8.80 Å². The molecular formula is C61H66BN3Si. The molecule has 7 aromatic rings. The van der Waals surface area contributed by atoms with Crippen LogP contribution in [0.1, 0.15) is 103 Å². The van der Waals surface area contributed by atoms with E-state index in [9.17, 15) is 0 Å². The summed E-state index contributed by atoms with van der Waals surface area (Å²) >= 11 is 0. The summed E-state index contributed by atoms with van der Waals surface area (Å²) in [5.74, 6) is 0. The minimum atomic E-state index is -0.990. The lowest BCUT2D eigenvalue weighted by Crippen LogP contribution is -2.61. The number of para-hydroxylation sites is 1. The van der Waals surface area contributed by atoms with Crippen molar-refractivity contribution in [1.29, 1.82) is 0 Å². The second kappa shape index (κ2) is 15.1. The van der Waals surface area contributed by atoms with Gasteiger partial charge in [0.05, 0.1) is 20.0 Å². The van der Waals surface area contributed by atoms with Crippen molar-refractivity contribution in [2.24, 2.45) is 0 Å². The highest BCUT2D eigenvalue weighted by molar-refractivity contribution is 7.00. The summed E-state index contributed by atoms with van der Waals surface area (Å²) in [6.07, 6.45) is 4.95. The second-order valence-electron chi connectivity index (χ2n) is 22.8. The van der Waals surface area contributed by atoms with E-state index >= 15 is 0 Å². The van der Waals surface area contributed by atoms with Crippen LogP contribution in [0, 0.1) is 6.92 Å². The van der Waals surface area contributed by atoms with Crippen molar-refractivity contribution >= 4 is 82.6 Å². The molecule has 0 spiro atoms. The molecule has 0 N–H and O–H groups in total. The molecule has 0 saturated heterocycles. The van der Waals surface area contributed by atoms with E-state index in [4.69, 9.17) is 0 Å². The van der Waals surface area contributed by atoms with E-state index in [1.807, 2.05) is 0 Å². The summed E-state index contributed by atoms with van der Waals surface area (Å²) < 4.78 is 0. The topological polar surface area (TPSA) is 9.72 Å². The van der Waals surface area contributed by atoms with Crippen molar-refractivity contribution in [1.82, 2.24) is 0 Å². The Morgan fingerprint density at radius 2 is 1.15 bits per heavy atom. The molecule has 66 heavy (non-hydrogen) atoms. The first kappa shape index (κ1) is 42.8. The third-order valence-corrected chi connectivity index (χ3v) is 18.0. The highest BCUT2D eigenvalue weighted by Gasteiger charge is 2.58. The highest BCUT2D eigenvalue weighted by Crippen LogP contribution is 2.61. The van der Waals surface area contributed by atoms with Crippen LogP contribution < -0.4 is 36.3 Å². The lowest BCUT2D eigenvalue weighted by atomic mass is 9.33. The van der Waals surface area contributed by atoms with Gasteiger partial charge >= 0.3 is 0 Å². The van der Waals surface area contributed by atoms with Gasteiger partial charge in [-0.3, -0.25) is 0 Å². The molecule has 0 amide bonds. The predicted molar refractivity (Wildman–Crippen MR) is 289 cm³/mol. The number of hydrogen-bond donors (Lipinski definition) is 0. The minimum absolute atomic E-state index is 0.00379. The fourth-order valence-corrected chi connectivity index (χ4v) is 13.4. The lowest BCUT2D eigenvalue weighted by Gasteiger charge is -2.50. The first-order valence-corrected chi connectivity index (χ1v) is 27.6. The summed E-state index contributed by atoms with van der Waals surface area (Å²) in [4.78, 5) is 7.99. The van der Waals surface area contributed by atoms with E-state index in [1.54, 1.807) is 10.8 Å². The molecule has 0 radical (unpaired) electrons. The molecular weight excluding hydrogens is 814 g/mol. The number of nitrogens with zero attached hydrogens (tertiary/aromatic N) is 3. The Labute approximate surface area is 397 Å². The summed E-state index contributed by atoms with van der Waals surface area (Å²) in [7, 11) is -0.990. The van der Waals surface area contributed by atoms with E-state index in [-0.39, 0.29) is 28.5 Å². The average molecular weight is 880 g/mol. The third kappa shape index (κ3) is 6.43. The van der Waals surface area contributed by atoms with Gasteiger partial charge in [0.15, 0.2) is 0 Å². The zero-order valence-corrected chi connectivity index (χ0v) is 42.3. The SMILES string of the molecule is Cc1cc2c3c(c1)N(c1ccc(C(C)(C)C)cc1-c1ccccc1)c1ccccc1B3c1ccc(N3c4ccc([SiH](C)C)cc4C4(C)CCCCC34C)cc1N2c1ccc(C(C)(C)C)cc1. The van der Waals surface area contributed by atoms with Gasteiger partial charge in [-0.2, -0.15) is 0 Å². The minimum Gasteiger partial charge on any atom is -0.334 e. The van der Waals surface area contributed by atoms with Gasteiger partial charge in [0.2, 0.25) is 0 Å². The molecule has 332 valence electrons. The zero-order chi connectivity index (χ0) is 46.1. The standard InChI is InChI=1S/C61H66BN3Si/c1-40-35-55-57-56(36-40)64(51-31-25-43(59(5,6)7)37-47(51)41-19-13-12-14-20-41)53-22-16-15-21-49(53)62(57)50-30-28-45(38-54(50)63(55)44-26-23-42(24-27-44)58(2,3)4)65-52-32-29-46(66(10)11)39-48(52)60(8)33-17-18-34-61(60,65)9/h12-16,19-32,35-39,66H,17-18,33-34H2,1-11H3. The number of hydrogen-bond acceptors (Lipinski definition) is 3. The first-order chi connectivity index (χ1) is 31.5. The van der Waals surface area contributed by atoms with Crippen molar-refractivity contribution in [2.75, 3.05) is 14.7 Å². The highest BCUT2D eigenvalue weighted by atomic mass is 28.3. The number of benzene rings is 7. The number of anilines is 8. The van der Waals surface area contributed by atoms with Crippen LogP contribution in [0.4, 0.5) is 45.5 Å². The van der Waals surface area contributed by atoms with Crippen molar-refractivity contribution in [3.05, 3.63) is 168 Å². The number of aryl methyl sites for hydroxylation is 1. The Morgan fingerprint density at radius 1 is 0.530 bits per heavy atom. The van der Waals surface area contributed by atoms with Crippen LogP contribution in [0.2, 0.25) is 13.1 Å². The molecule has 7 aromatic carbocycles. The van der Waals surface area contributed by atoms with Crippen LogP contribution in [0.15, 0.2) is 146 Å². The molecule has 5 heteroatoms. The third-order valence-electron chi connectivity index (χ3n) is 16.3. The maximum Gasteiger partial charge on any atom is 0.252 e. The van der Waals surface area contributed by atoms with Gasteiger partial charge in [-0.15, -0.1) is 0 Å². The summed E-state index contributed by atoms with van der Waals surface area (Å²) in [6.45, 7) is 26.4. The fourth-order valence-electron chi connectivity index (χ4n) is 12.4. The average Bonchev–Trinajstić information content (AvgIpc) is 3.50. The van der Waals surface area contributed by atoms with Crippen molar-refractivity contribution < 1.29 is 0 Å². The Balaban J connectivity index is 1.17. The van der Waals surface area contributed by atoms with Gasteiger partial charge in [0.25, 0.3) is 6.71 Å². The van der Waals surface area contributed by atoms with E-state index in [0.29, 0.717) is 0 Å². The lowest BCUT2D eigenvalue weighted by molar-refractivity contribution is 0.195. The molecule has 3 nitrogen and oxygen atoms in total. The van der Waals surface area contributed by atoms with Gasteiger partial charge < -0.3 is 14.7 Å². The Morgan fingerprint density at radius 3 is 1.86 bits per heavy atom. The maximum absolute atomic E-state index is 2.79. The van der Waals surface area contributed by atoms with Crippen molar-refractivity contribution in [3.63, 3.8) is 0 Å². The summed E-state index contributed by atoms with van der Waals surface area (Å²) in [6, 6.07) is 57.0.